The lowest BCUT2D eigenvalue weighted by molar-refractivity contribution is -0.385. The second-order valence-corrected chi connectivity index (χ2v) is 6.20. The van der Waals surface area contributed by atoms with Crippen molar-refractivity contribution >= 4 is 17.6 Å². The highest BCUT2D eigenvalue weighted by Crippen LogP contribution is 2.20. The van der Waals surface area contributed by atoms with E-state index in [0.717, 1.165) is 17.4 Å². The quantitative estimate of drug-likeness (QED) is 0.425. The molecule has 2 aromatic carbocycles. The van der Waals surface area contributed by atoms with Gasteiger partial charge in [0.2, 0.25) is 0 Å². The van der Waals surface area contributed by atoms with Crippen LogP contribution in [-0.4, -0.2) is 36.6 Å². The van der Waals surface area contributed by atoms with Gasteiger partial charge < -0.3 is 14.8 Å². The molecule has 0 aliphatic rings. The van der Waals surface area contributed by atoms with Gasteiger partial charge in [-0.2, -0.15) is 0 Å². The second-order valence-electron chi connectivity index (χ2n) is 6.20. The molecular weight excluding hydrogens is 364 g/mol. The maximum Gasteiger partial charge on any atom is 0.339 e. The molecule has 0 bridgehead atoms. The molecule has 8 heteroatoms. The largest absolute Gasteiger partial charge is 0.497 e. The number of nitrogens with zero attached hydrogens (tertiary/aromatic N) is 1. The van der Waals surface area contributed by atoms with Crippen LogP contribution >= 0.6 is 0 Å². The number of benzene rings is 2. The number of nitro groups is 1. The Balaban J connectivity index is 1.86. The molecule has 0 spiro atoms. The molecule has 8 nitrogen and oxygen atoms in total. The van der Waals surface area contributed by atoms with E-state index in [9.17, 15) is 19.7 Å². The molecule has 2 rings (SSSR count). The minimum atomic E-state index is -1.02. The normalized spacial score (nSPS) is 11.4. The smallest absolute Gasteiger partial charge is 0.339 e. The minimum Gasteiger partial charge on any atom is -0.497 e. The van der Waals surface area contributed by atoms with Gasteiger partial charge in [0.25, 0.3) is 11.6 Å². The molecule has 0 aromatic heterocycles. The molecule has 0 saturated heterocycles. The van der Waals surface area contributed by atoms with Gasteiger partial charge in [-0.05, 0) is 44.0 Å². The van der Waals surface area contributed by atoms with Crippen LogP contribution < -0.4 is 10.1 Å². The van der Waals surface area contributed by atoms with Gasteiger partial charge in [-0.3, -0.25) is 14.9 Å². The highest BCUT2D eigenvalue weighted by atomic mass is 16.6. The van der Waals surface area contributed by atoms with E-state index in [4.69, 9.17) is 9.47 Å². The predicted octanol–water partition coefficient (Wildman–Crippen LogP) is 2.82. The van der Waals surface area contributed by atoms with Crippen LogP contribution in [0.2, 0.25) is 0 Å². The standard InChI is InChI=1S/C20H22N2O6/c1-13-4-7-16(12-18(13)22(25)26)20(24)28-14(2)19(23)21-11-10-15-5-8-17(27-3)9-6-15/h4-9,12,14H,10-11H2,1-3H3,(H,21,23)/t14-/m0/s1. The van der Waals surface area contributed by atoms with Crippen LogP contribution in [-0.2, 0) is 16.0 Å². The summed E-state index contributed by atoms with van der Waals surface area (Å²) in [6.45, 7) is 3.40. The molecule has 0 heterocycles. The number of esters is 1. The fraction of sp³-hybridized carbons (Fsp3) is 0.300. The molecule has 28 heavy (non-hydrogen) atoms. The molecule has 1 amide bonds. The van der Waals surface area contributed by atoms with E-state index in [1.807, 2.05) is 24.3 Å². The van der Waals surface area contributed by atoms with Crippen molar-refractivity contribution in [2.24, 2.45) is 0 Å². The van der Waals surface area contributed by atoms with Crippen LogP contribution in [0.3, 0.4) is 0 Å². The molecule has 148 valence electrons. The Morgan fingerprint density at radius 1 is 1.18 bits per heavy atom. The first-order chi connectivity index (χ1) is 13.3. The van der Waals surface area contributed by atoms with Gasteiger partial charge in [0.05, 0.1) is 17.6 Å². The zero-order valence-electron chi connectivity index (χ0n) is 15.9. The number of hydrogen-bond acceptors (Lipinski definition) is 6. The topological polar surface area (TPSA) is 108 Å². The third-order valence-electron chi connectivity index (χ3n) is 4.17. The summed E-state index contributed by atoms with van der Waals surface area (Å²) in [7, 11) is 1.59. The first-order valence-corrected chi connectivity index (χ1v) is 8.68. The average Bonchev–Trinajstić information content (AvgIpc) is 2.68. The van der Waals surface area contributed by atoms with Crippen LogP contribution in [0.5, 0.6) is 5.75 Å². The predicted molar refractivity (Wildman–Crippen MR) is 102 cm³/mol. The van der Waals surface area contributed by atoms with Crippen LogP contribution in [0.4, 0.5) is 5.69 Å². The van der Waals surface area contributed by atoms with E-state index in [2.05, 4.69) is 5.32 Å². The third kappa shape index (κ3) is 5.54. The summed E-state index contributed by atoms with van der Waals surface area (Å²) >= 11 is 0. The highest BCUT2D eigenvalue weighted by Gasteiger charge is 2.21. The minimum absolute atomic E-state index is 0.0233. The lowest BCUT2D eigenvalue weighted by Crippen LogP contribution is -2.36. The van der Waals surface area contributed by atoms with E-state index < -0.39 is 22.9 Å². The van der Waals surface area contributed by atoms with Crippen LogP contribution in [0.25, 0.3) is 0 Å². The summed E-state index contributed by atoms with van der Waals surface area (Å²) in [6, 6.07) is 11.5. The van der Waals surface area contributed by atoms with Crippen LogP contribution in [0, 0.1) is 17.0 Å². The lowest BCUT2D eigenvalue weighted by Gasteiger charge is -2.14. The Bertz CT molecular complexity index is 863. The molecular formula is C20H22N2O6. The number of hydrogen-bond donors (Lipinski definition) is 1. The van der Waals surface area contributed by atoms with E-state index in [1.54, 1.807) is 14.0 Å². The van der Waals surface area contributed by atoms with E-state index in [0.29, 0.717) is 18.5 Å². The third-order valence-corrected chi connectivity index (χ3v) is 4.17. The van der Waals surface area contributed by atoms with Gasteiger partial charge in [-0.1, -0.05) is 18.2 Å². The molecule has 0 saturated carbocycles. The number of methoxy groups -OCH3 is 1. The Morgan fingerprint density at radius 3 is 2.46 bits per heavy atom. The summed E-state index contributed by atoms with van der Waals surface area (Å²) in [6.07, 6.45) is -0.413. The summed E-state index contributed by atoms with van der Waals surface area (Å²) < 4.78 is 10.2. The van der Waals surface area contributed by atoms with Crippen LogP contribution in [0.1, 0.15) is 28.4 Å². The lowest BCUT2D eigenvalue weighted by atomic mass is 10.1. The van der Waals surface area contributed by atoms with E-state index >= 15 is 0 Å². The summed E-state index contributed by atoms with van der Waals surface area (Å²) in [5.74, 6) is -0.478. The van der Waals surface area contributed by atoms with Gasteiger partial charge in [-0.15, -0.1) is 0 Å². The first kappa shape index (κ1) is 20.9. The summed E-state index contributed by atoms with van der Waals surface area (Å²) in [5.41, 5.74) is 1.31. The molecule has 2 aromatic rings. The zero-order chi connectivity index (χ0) is 20.7. The van der Waals surface area contributed by atoms with Gasteiger partial charge >= 0.3 is 5.97 Å². The molecule has 1 N–H and O–H groups in total. The fourth-order valence-electron chi connectivity index (χ4n) is 2.48. The van der Waals surface area contributed by atoms with Gasteiger partial charge in [-0.25, -0.2) is 4.79 Å². The van der Waals surface area contributed by atoms with Crippen molar-refractivity contribution in [1.29, 1.82) is 0 Å². The number of amides is 1. The molecule has 1 atom stereocenters. The van der Waals surface area contributed by atoms with Gasteiger partial charge in [0.1, 0.15) is 5.75 Å². The Labute approximate surface area is 162 Å². The number of carbonyl (C=O) groups excluding carboxylic acids is 2. The molecule has 0 fully saturated rings. The molecule has 0 radical (unpaired) electrons. The van der Waals surface area contributed by atoms with Crippen molar-refractivity contribution in [2.75, 3.05) is 13.7 Å². The molecule has 0 aliphatic heterocycles. The number of nitrogens with one attached hydrogen (secondary N) is 1. The van der Waals surface area contributed by atoms with Crippen molar-refractivity contribution in [3.05, 3.63) is 69.3 Å². The summed E-state index contributed by atoms with van der Waals surface area (Å²) in [5, 5.41) is 13.7. The zero-order valence-corrected chi connectivity index (χ0v) is 15.9. The molecule has 0 unspecified atom stereocenters. The number of carbonyl (C=O) groups is 2. The fourth-order valence-corrected chi connectivity index (χ4v) is 2.48. The van der Waals surface area contributed by atoms with Crippen molar-refractivity contribution < 1.29 is 24.0 Å². The maximum absolute atomic E-state index is 12.2. The maximum atomic E-state index is 12.2. The second kappa shape index (κ2) is 9.50. The van der Waals surface area contributed by atoms with Gasteiger partial charge in [0.15, 0.2) is 6.10 Å². The Morgan fingerprint density at radius 2 is 1.86 bits per heavy atom. The average molecular weight is 386 g/mol. The number of aryl methyl sites for hydroxylation is 1. The number of nitro benzene ring substituents is 1. The van der Waals surface area contributed by atoms with Gasteiger partial charge in [0, 0.05) is 18.2 Å². The first-order valence-electron chi connectivity index (χ1n) is 8.68. The van der Waals surface area contributed by atoms with Crippen molar-refractivity contribution in [2.45, 2.75) is 26.4 Å². The van der Waals surface area contributed by atoms with Crippen LogP contribution in [0.15, 0.2) is 42.5 Å². The number of rotatable bonds is 8. The summed E-state index contributed by atoms with van der Waals surface area (Å²) in [4.78, 5) is 34.7. The van der Waals surface area contributed by atoms with Crippen molar-refractivity contribution in [1.82, 2.24) is 5.32 Å². The Hall–Kier alpha value is -3.42. The SMILES string of the molecule is COc1ccc(CCNC(=O)[C@H](C)OC(=O)c2ccc(C)c([N+](=O)[O-])c2)cc1. The van der Waals surface area contributed by atoms with E-state index in [1.165, 1.54) is 19.1 Å². The Kier molecular flexibility index (Phi) is 7.08. The monoisotopic (exact) mass is 386 g/mol. The van der Waals surface area contributed by atoms with E-state index in [-0.39, 0.29) is 11.3 Å². The highest BCUT2D eigenvalue weighted by molar-refractivity contribution is 5.92. The van der Waals surface area contributed by atoms with Crippen molar-refractivity contribution in [3.63, 3.8) is 0 Å². The number of ether oxygens (including phenoxy) is 2. The molecule has 0 aliphatic carbocycles. The van der Waals surface area contributed by atoms with Crippen molar-refractivity contribution in [3.8, 4) is 5.75 Å².